The number of aromatic nitrogens is 4. The molecule has 6 nitrogen and oxygen atoms in total. The molecule has 0 bridgehead atoms. The van der Waals surface area contributed by atoms with Gasteiger partial charge in [-0.25, -0.2) is 14.4 Å². The molecule has 0 amide bonds. The topological polar surface area (TPSA) is 86.7 Å². The molecule has 4 rings (SSSR count). The lowest BCUT2D eigenvalue weighted by Crippen LogP contribution is -2.11. The summed E-state index contributed by atoms with van der Waals surface area (Å²) in [5, 5.41) is 12.4. The van der Waals surface area contributed by atoms with Gasteiger partial charge in [-0.15, -0.1) is 0 Å². The average molecular weight is 422 g/mol. The Labute approximate surface area is 176 Å². The standard InChI is InChI=1S/C22H20FN5OS/c1-13-4-9-19(28-27-13)14(2)26-22-18-10-16(15-5-7-17(23)8-6-15)11-20(30(3)29)21(18)24-12-25-22/h4-12,14H,1-3H3,(H,24,25,26)/t14-,30?/m1/s1. The van der Waals surface area contributed by atoms with Gasteiger partial charge in [-0.1, -0.05) is 12.1 Å². The molecule has 0 aliphatic heterocycles. The fourth-order valence-electron chi connectivity index (χ4n) is 3.20. The minimum absolute atomic E-state index is 0.152. The monoisotopic (exact) mass is 421 g/mol. The lowest BCUT2D eigenvalue weighted by molar-refractivity contribution is 0.601. The van der Waals surface area contributed by atoms with E-state index in [1.54, 1.807) is 18.4 Å². The van der Waals surface area contributed by atoms with Gasteiger partial charge in [0, 0.05) is 11.5 Å². The molecule has 1 N–H and O–H groups in total. The van der Waals surface area contributed by atoms with Crippen LogP contribution in [0.1, 0.15) is 24.4 Å². The average Bonchev–Trinajstić information content (AvgIpc) is 2.74. The summed E-state index contributed by atoms with van der Waals surface area (Å²) in [5.41, 5.74) is 3.87. The maximum absolute atomic E-state index is 13.4. The van der Waals surface area contributed by atoms with E-state index in [0.717, 1.165) is 27.9 Å². The normalized spacial score (nSPS) is 13.2. The summed E-state index contributed by atoms with van der Waals surface area (Å²) in [5.74, 6) is 0.295. The van der Waals surface area contributed by atoms with E-state index >= 15 is 0 Å². The van der Waals surface area contributed by atoms with E-state index in [4.69, 9.17) is 0 Å². The molecule has 0 aliphatic rings. The van der Waals surface area contributed by atoms with Gasteiger partial charge < -0.3 is 9.87 Å². The highest BCUT2D eigenvalue weighted by Crippen LogP contribution is 2.33. The van der Waals surface area contributed by atoms with E-state index < -0.39 is 11.2 Å². The molecule has 4 aromatic rings. The van der Waals surface area contributed by atoms with Crippen molar-refractivity contribution in [2.45, 2.75) is 24.8 Å². The first-order chi connectivity index (χ1) is 14.4. The van der Waals surface area contributed by atoms with Gasteiger partial charge in [-0.05, 0) is 66.5 Å². The quantitative estimate of drug-likeness (QED) is 0.479. The Hall–Kier alpha value is -3.10. The van der Waals surface area contributed by atoms with Crippen molar-refractivity contribution in [3.8, 4) is 11.1 Å². The van der Waals surface area contributed by atoms with Crippen LogP contribution in [0.5, 0.6) is 0 Å². The summed E-state index contributed by atoms with van der Waals surface area (Å²) >= 11 is -1.27. The largest absolute Gasteiger partial charge is 0.612 e. The van der Waals surface area contributed by atoms with Crippen molar-refractivity contribution >= 4 is 27.9 Å². The Morgan fingerprint density at radius 3 is 2.43 bits per heavy atom. The molecule has 0 saturated carbocycles. The minimum atomic E-state index is -1.27. The van der Waals surface area contributed by atoms with Gasteiger partial charge in [0.05, 0.1) is 17.4 Å². The summed E-state index contributed by atoms with van der Waals surface area (Å²) in [6.45, 7) is 3.85. The fourth-order valence-corrected chi connectivity index (χ4v) is 3.93. The van der Waals surface area contributed by atoms with Gasteiger partial charge in [0.25, 0.3) is 0 Å². The third-order valence-corrected chi connectivity index (χ3v) is 5.74. The van der Waals surface area contributed by atoms with E-state index in [1.807, 2.05) is 38.1 Å². The number of nitrogens with zero attached hydrogens (tertiary/aromatic N) is 4. The van der Waals surface area contributed by atoms with Crippen molar-refractivity contribution in [3.63, 3.8) is 0 Å². The van der Waals surface area contributed by atoms with E-state index in [9.17, 15) is 8.94 Å². The van der Waals surface area contributed by atoms with Gasteiger partial charge in [-0.3, -0.25) is 0 Å². The summed E-state index contributed by atoms with van der Waals surface area (Å²) < 4.78 is 25.8. The van der Waals surface area contributed by atoms with Gasteiger partial charge >= 0.3 is 0 Å². The van der Waals surface area contributed by atoms with Gasteiger partial charge in [0.2, 0.25) is 0 Å². The number of aryl methyl sites for hydroxylation is 1. The van der Waals surface area contributed by atoms with Gasteiger partial charge in [0.1, 0.15) is 29.7 Å². The molecule has 30 heavy (non-hydrogen) atoms. The molecule has 1 unspecified atom stereocenters. The van der Waals surface area contributed by atoms with E-state index in [-0.39, 0.29) is 11.9 Å². The van der Waals surface area contributed by atoms with Gasteiger partial charge in [-0.2, -0.15) is 10.2 Å². The Balaban J connectivity index is 1.81. The second kappa shape index (κ2) is 8.33. The zero-order valence-corrected chi connectivity index (χ0v) is 17.6. The van der Waals surface area contributed by atoms with Crippen molar-refractivity contribution in [3.05, 3.63) is 72.1 Å². The molecule has 0 spiro atoms. The molecule has 2 heterocycles. The SMILES string of the molecule is Cc1ccc([C@@H](C)Nc2ncnc3c([S+](C)[O-])cc(-c4ccc(F)cc4)cc23)nn1. The predicted molar refractivity (Wildman–Crippen MR) is 116 cm³/mol. The number of hydrogen-bond donors (Lipinski definition) is 1. The third kappa shape index (κ3) is 4.10. The fraction of sp³-hybridized carbons (Fsp3) is 0.182. The molecule has 0 aliphatic carbocycles. The van der Waals surface area contributed by atoms with Crippen molar-refractivity contribution in [2.75, 3.05) is 11.6 Å². The second-order valence-electron chi connectivity index (χ2n) is 7.02. The second-order valence-corrected chi connectivity index (χ2v) is 8.37. The first-order valence-electron chi connectivity index (χ1n) is 9.37. The highest BCUT2D eigenvalue weighted by atomic mass is 32.2. The van der Waals surface area contributed by atoms with Crippen molar-refractivity contribution in [1.29, 1.82) is 0 Å². The van der Waals surface area contributed by atoms with Crippen LogP contribution < -0.4 is 5.32 Å². The molecule has 0 saturated heterocycles. The maximum atomic E-state index is 13.4. The molecular formula is C22H20FN5OS. The highest BCUT2D eigenvalue weighted by molar-refractivity contribution is 7.91. The smallest absolute Gasteiger partial charge is 0.179 e. The zero-order valence-electron chi connectivity index (χ0n) is 16.8. The molecule has 0 fully saturated rings. The Morgan fingerprint density at radius 1 is 1.00 bits per heavy atom. The number of rotatable bonds is 5. The van der Waals surface area contributed by atoms with E-state index in [0.29, 0.717) is 16.2 Å². The van der Waals surface area contributed by atoms with Crippen molar-refractivity contribution in [2.24, 2.45) is 0 Å². The molecule has 2 aromatic heterocycles. The van der Waals surface area contributed by atoms with Crippen LogP contribution in [-0.2, 0) is 11.2 Å². The number of halogens is 1. The third-order valence-electron chi connectivity index (χ3n) is 4.81. The minimum Gasteiger partial charge on any atom is -0.612 e. The first-order valence-corrected chi connectivity index (χ1v) is 10.9. The summed E-state index contributed by atoms with van der Waals surface area (Å²) in [7, 11) is 0. The number of anilines is 1. The summed E-state index contributed by atoms with van der Waals surface area (Å²) in [6, 6.07) is 13.6. The van der Waals surface area contributed by atoms with Crippen LogP contribution in [0.2, 0.25) is 0 Å². The highest BCUT2D eigenvalue weighted by Gasteiger charge is 2.19. The number of benzene rings is 2. The van der Waals surface area contributed by atoms with Crippen LogP contribution in [0.15, 0.2) is 59.8 Å². The Bertz CT molecular complexity index is 1180. The molecule has 2 aromatic carbocycles. The van der Waals surface area contributed by atoms with Crippen LogP contribution in [0, 0.1) is 12.7 Å². The maximum Gasteiger partial charge on any atom is 0.179 e. The molecule has 152 valence electrons. The lowest BCUT2D eigenvalue weighted by Gasteiger charge is -2.17. The van der Waals surface area contributed by atoms with Crippen LogP contribution in [0.4, 0.5) is 10.2 Å². The summed E-state index contributed by atoms with van der Waals surface area (Å²) in [6.07, 6.45) is 3.06. The predicted octanol–water partition coefficient (Wildman–Crippen LogP) is 4.44. The first kappa shape index (κ1) is 20.2. The van der Waals surface area contributed by atoms with Crippen molar-refractivity contribution < 1.29 is 8.94 Å². The Kier molecular flexibility index (Phi) is 5.61. The van der Waals surface area contributed by atoms with Crippen LogP contribution in [0.25, 0.3) is 22.0 Å². The van der Waals surface area contributed by atoms with Gasteiger partial charge in [0.15, 0.2) is 4.90 Å². The summed E-state index contributed by atoms with van der Waals surface area (Å²) in [4.78, 5) is 9.38. The zero-order chi connectivity index (χ0) is 21.3. The van der Waals surface area contributed by atoms with Crippen LogP contribution in [-0.4, -0.2) is 31.0 Å². The Morgan fingerprint density at radius 2 is 1.77 bits per heavy atom. The van der Waals surface area contributed by atoms with Crippen molar-refractivity contribution in [1.82, 2.24) is 20.2 Å². The number of hydrogen-bond acceptors (Lipinski definition) is 6. The van der Waals surface area contributed by atoms with E-state index in [2.05, 4.69) is 25.5 Å². The molecule has 8 heteroatoms. The lowest BCUT2D eigenvalue weighted by atomic mass is 10.0. The number of fused-ring (bicyclic) bond motifs is 1. The molecule has 0 radical (unpaired) electrons. The number of nitrogens with one attached hydrogen (secondary N) is 1. The van der Waals surface area contributed by atoms with Crippen LogP contribution in [0.3, 0.4) is 0 Å². The van der Waals surface area contributed by atoms with Crippen LogP contribution >= 0.6 is 0 Å². The van der Waals surface area contributed by atoms with E-state index in [1.165, 1.54) is 18.5 Å². The molecule has 2 atom stereocenters. The molecular weight excluding hydrogens is 401 g/mol.